The molecule has 0 spiro atoms. The van der Waals surface area contributed by atoms with Crippen LogP contribution in [0.3, 0.4) is 0 Å². The molecule has 18 heavy (non-hydrogen) atoms. The zero-order valence-corrected chi connectivity index (χ0v) is 11.6. The van der Waals surface area contributed by atoms with Gasteiger partial charge in [-0.05, 0) is 32.0 Å². The highest BCUT2D eigenvalue weighted by atomic mass is 79.9. The van der Waals surface area contributed by atoms with Gasteiger partial charge in [0.2, 0.25) is 0 Å². The van der Waals surface area contributed by atoms with Crippen LogP contribution in [0.15, 0.2) is 22.7 Å². The van der Waals surface area contributed by atoms with Crippen LogP contribution in [0.4, 0.5) is 0 Å². The second-order valence-corrected chi connectivity index (χ2v) is 4.69. The fraction of sp³-hybridized carbons (Fsp3) is 0.333. The first kappa shape index (κ1) is 14.5. The molecule has 1 N–H and O–H groups in total. The number of benzene rings is 1. The average Bonchev–Trinajstić information content (AvgIpc) is 2.26. The van der Waals surface area contributed by atoms with E-state index in [1.54, 1.807) is 19.9 Å². The van der Waals surface area contributed by atoms with Crippen molar-refractivity contribution in [3.8, 4) is 5.75 Å². The third-order valence-corrected chi connectivity index (χ3v) is 2.38. The molecule has 1 rings (SSSR count). The largest absolute Gasteiger partial charge is 0.481 e. The predicted octanol–water partition coefficient (Wildman–Crippen LogP) is 2.48. The molecule has 0 unspecified atom stereocenters. The fourth-order valence-corrected chi connectivity index (χ4v) is 1.59. The quantitative estimate of drug-likeness (QED) is 0.845. The molecule has 0 radical (unpaired) electrons. The maximum absolute atomic E-state index is 11.3. The van der Waals surface area contributed by atoms with E-state index in [2.05, 4.69) is 15.9 Å². The van der Waals surface area contributed by atoms with Crippen LogP contribution in [0, 0.1) is 0 Å². The van der Waals surface area contributed by atoms with Gasteiger partial charge in [0, 0.05) is 4.47 Å². The van der Waals surface area contributed by atoms with Crippen LogP contribution in [0.25, 0.3) is 0 Å². The Balaban J connectivity index is 2.73. The number of halogens is 1. The van der Waals surface area contributed by atoms with E-state index in [1.165, 1.54) is 12.1 Å². The Bertz CT molecular complexity index is 456. The van der Waals surface area contributed by atoms with E-state index in [9.17, 15) is 9.59 Å². The van der Waals surface area contributed by atoms with Crippen molar-refractivity contribution >= 4 is 27.9 Å². The number of esters is 1. The molecule has 0 bridgehead atoms. The summed E-state index contributed by atoms with van der Waals surface area (Å²) < 4.78 is 10.6. The number of hydrogen-bond acceptors (Lipinski definition) is 4. The van der Waals surface area contributed by atoms with Gasteiger partial charge in [0.05, 0.1) is 6.10 Å². The summed E-state index contributed by atoms with van der Waals surface area (Å²) in [5.41, 5.74) is -0.0123. The number of hydrogen-bond donors (Lipinski definition) is 1. The molecule has 5 nitrogen and oxygen atoms in total. The Labute approximate surface area is 113 Å². The minimum atomic E-state index is -1.12. The summed E-state index contributed by atoms with van der Waals surface area (Å²) in [6, 6.07) is 4.52. The summed E-state index contributed by atoms with van der Waals surface area (Å²) in [4.78, 5) is 22.3. The van der Waals surface area contributed by atoms with E-state index < -0.39 is 11.9 Å². The van der Waals surface area contributed by atoms with Crippen molar-refractivity contribution in [2.24, 2.45) is 0 Å². The van der Waals surface area contributed by atoms with Gasteiger partial charge >= 0.3 is 11.9 Å². The van der Waals surface area contributed by atoms with Gasteiger partial charge in [-0.2, -0.15) is 0 Å². The van der Waals surface area contributed by atoms with E-state index in [1.807, 2.05) is 0 Å². The number of carboxylic acids is 1. The number of rotatable bonds is 5. The second kappa shape index (κ2) is 6.39. The Morgan fingerprint density at radius 1 is 1.39 bits per heavy atom. The second-order valence-electron chi connectivity index (χ2n) is 3.77. The Morgan fingerprint density at radius 3 is 2.61 bits per heavy atom. The molecule has 1 aromatic rings. The maximum Gasteiger partial charge on any atom is 0.344 e. The van der Waals surface area contributed by atoms with E-state index in [-0.39, 0.29) is 24.0 Å². The number of carboxylic acid groups (broad SMARTS) is 1. The van der Waals surface area contributed by atoms with Crippen molar-refractivity contribution in [1.29, 1.82) is 0 Å². The molecule has 0 aliphatic rings. The summed E-state index contributed by atoms with van der Waals surface area (Å²) in [6.07, 6.45) is -0.232. The van der Waals surface area contributed by atoms with Crippen molar-refractivity contribution in [3.05, 3.63) is 28.2 Å². The first-order valence-electron chi connectivity index (χ1n) is 5.25. The lowest BCUT2D eigenvalue weighted by molar-refractivity contribution is -0.149. The zero-order chi connectivity index (χ0) is 13.7. The molecule has 0 amide bonds. The highest BCUT2D eigenvalue weighted by Gasteiger charge is 2.14. The molecule has 1 aromatic carbocycles. The maximum atomic E-state index is 11.3. The summed E-state index contributed by atoms with van der Waals surface area (Å²) >= 11 is 3.17. The predicted molar refractivity (Wildman–Crippen MR) is 67.8 cm³/mol. The van der Waals surface area contributed by atoms with Crippen LogP contribution in [0.5, 0.6) is 5.75 Å². The van der Waals surface area contributed by atoms with Gasteiger partial charge in [0.1, 0.15) is 11.3 Å². The average molecular weight is 317 g/mol. The Kier molecular flexibility index (Phi) is 5.15. The van der Waals surface area contributed by atoms with Crippen LogP contribution >= 0.6 is 15.9 Å². The van der Waals surface area contributed by atoms with Gasteiger partial charge in [-0.15, -0.1) is 0 Å². The fourth-order valence-electron chi connectivity index (χ4n) is 1.23. The Hall–Kier alpha value is -1.56. The van der Waals surface area contributed by atoms with Crippen LogP contribution in [0.2, 0.25) is 0 Å². The first-order valence-corrected chi connectivity index (χ1v) is 6.04. The highest BCUT2D eigenvalue weighted by Crippen LogP contribution is 2.23. The molecule has 0 aliphatic heterocycles. The van der Waals surface area contributed by atoms with Crippen LogP contribution < -0.4 is 4.74 Å². The molecule has 98 valence electrons. The first-order chi connectivity index (χ1) is 8.40. The molecule has 0 fully saturated rings. The third kappa shape index (κ3) is 4.37. The number of carbonyl (C=O) groups excluding carboxylic acids is 1. The number of ether oxygens (including phenoxy) is 2. The van der Waals surface area contributed by atoms with Crippen LogP contribution in [0.1, 0.15) is 24.2 Å². The lowest BCUT2D eigenvalue weighted by Gasteiger charge is -2.11. The standard InChI is InChI=1S/C12H13BrO5/c1-7(2)18-11(14)6-17-10-4-3-8(13)5-9(10)12(15)16/h3-5,7H,6H2,1-2H3,(H,15,16). The highest BCUT2D eigenvalue weighted by molar-refractivity contribution is 9.10. The topological polar surface area (TPSA) is 72.8 Å². The monoisotopic (exact) mass is 316 g/mol. The minimum Gasteiger partial charge on any atom is -0.481 e. The van der Waals surface area contributed by atoms with Gasteiger partial charge in [0.25, 0.3) is 0 Å². The lowest BCUT2D eigenvalue weighted by atomic mass is 10.2. The van der Waals surface area contributed by atoms with Gasteiger partial charge in [-0.1, -0.05) is 15.9 Å². The van der Waals surface area contributed by atoms with Crippen LogP contribution in [-0.2, 0) is 9.53 Å². The van der Waals surface area contributed by atoms with E-state index >= 15 is 0 Å². The molecular weight excluding hydrogens is 304 g/mol. The smallest absolute Gasteiger partial charge is 0.344 e. The van der Waals surface area contributed by atoms with Gasteiger partial charge in [-0.25, -0.2) is 9.59 Å². The number of carbonyl (C=O) groups is 2. The summed E-state index contributed by atoms with van der Waals surface area (Å²) in [7, 11) is 0. The van der Waals surface area contributed by atoms with Crippen molar-refractivity contribution in [1.82, 2.24) is 0 Å². The molecule has 0 aromatic heterocycles. The molecule has 6 heteroatoms. The van der Waals surface area contributed by atoms with Crippen molar-refractivity contribution < 1.29 is 24.2 Å². The lowest BCUT2D eigenvalue weighted by Crippen LogP contribution is -2.19. The van der Waals surface area contributed by atoms with E-state index in [0.29, 0.717) is 4.47 Å². The normalized spacial score (nSPS) is 10.2. The van der Waals surface area contributed by atoms with Crippen molar-refractivity contribution in [2.75, 3.05) is 6.61 Å². The zero-order valence-electron chi connectivity index (χ0n) is 9.97. The molecular formula is C12H13BrO5. The van der Waals surface area contributed by atoms with Gasteiger partial charge in [0.15, 0.2) is 6.61 Å². The summed E-state index contributed by atoms with van der Waals surface area (Å²) in [5, 5.41) is 8.98. The van der Waals surface area contributed by atoms with Crippen molar-refractivity contribution in [3.63, 3.8) is 0 Å². The van der Waals surface area contributed by atoms with Crippen LogP contribution in [-0.4, -0.2) is 29.8 Å². The number of aromatic carboxylic acids is 1. The van der Waals surface area contributed by atoms with Gasteiger partial charge < -0.3 is 14.6 Å². The van der Waals surface area contributed by atoms with E-state index in [0.717, 1.165) is 0 Å². The van der Waals surface area contributed by atoms with Crippen molar-refractivity contribution in [2.45, 2.75) is 20.0 Å². The minimum absolute atomic E-state index is 0.0123. The Morgan fingerprint density at radius 2 is 2.06 bits per heavy atom. The molecule has 0 aliphatic carbocycles. The van der Waals surface area contributed by atoms with E-state index in [4.69, 9.17) is 14.6 Å². The SMILES string of the molecule is CC(C)OC(=O)COc1ccc(Br)cc1C(=O)O. The van der Waals surface area contributed by atoms with Gasteiger partial charge in [-0.3, -0.25) is 0 Å². The third-order valence-electron chi connectivity index (χ3n) is 1.88. The summed E-state index contributed by atoms with van der Waals surface area (Å²) in [6.45, 7) is 3.13. The molecule has 0 atom stereocenters. The molecule has 0 heterocycles. The molecule has 0 saturated carbocycles. The molecule has 0 saturated heterocycles. The summed E-state index contributed by atoms with van der Waals surface area (Å²) in [5.74, 6) is -1.53.